The Balaban J connectivity index is 2.09. The predicted molar refractivity (Wildman–Crippen MR) is 73.9 cm³/mol. The predicted octanol–water partition coefficient (Wildman–Crippen LogP) is 2.41. The third-order valence-corrected chi connectivity index (χ3v) is 3.39. The van der Waals surface area contributed by atoms with Crippen molar-refractivity contribution in [2.45, 2.75) is 32.9 Å². The van der Waals surface area contributed by atoms with Gasteiger partial charge in [-0.1, -0.05) is 30.3 Å². The Morgan fingerprint density at radius 3 is 2.47 bits per heavy atom. The molecule has 0 unspecified atom stereocenters. The molecule has 2 N–H and O–H groups in total. The Kier molecular flexibility index (Phi) is 3.42. The zero-order chi connectivity index (χ0) is 14.0. The van der Waals surface area contributed by atoms with Crippen LogP contribution in [-0.4, -0.2) is 17.4 Å². The van der Waals surface area contributed by atoms with Gasteiger partial charge in [0.25, 0.3) is 5.91 Å². The summed E-state index contributed by atoms with van der Waals surface area (Å²) in [6, 6.07) is 9.68. The van der Waals surface area contributed by atoms with E-state index in [4.69, 9.17) is 10.1 Å². The molecule has 1 aliphatic rings. The third kappa shape index (κ3) is 2.67. The molecule has 4 nitrogen and oxygen atoms in total. The average molecular weight is 258 g/mol. The lowest BCUT2D eigenvalue weighted by Gasteiger charge is -2.18. The smallest absolute Gasteiger partial charge is 0.257 e. The van der Waals surface area contributed by atoms with Crippen LogP contribution in [0.3, 0.4) is 0 Å². The third-order valence-electron chi connectivity index (χ3n) is 3.39. The Morgan fingerprint density at radius 1 is 1.32 bits per heavy atom. The van der Waals surface area contributed by atoms with E-state index in [0.29, 0.717) is 12.1 Å². The summed E-state index contributed by atoms with van der Waals surface area (Å²) >= 11 is 0. The highest BCUT2D eigenvalue weighted by Crippen LogP contribution is 2.31. The summed E-state index contributed by atoms with van der Waals surface area (Å²) in [5.41, 5.74) is 1.60. The van der Waals surface area contributed by atoms with Crippen molar-refractivity contribution in [1.29, 1.82) is 5.41 Å². The summed E-state index contributed by atoms with van der Waals surface area (Å²) in [7, 11) is 0. The van der Waals surface area contributed by atoms with Crippen LogP contribution < -0.4 is 5.32 Å². The zero-order valence-corrected chi connectivity index (χ0v) is 11.4. The molecule has 0 bridgehead atoms. The Hall–Kier alpha value is -2.10. The number of amides is 1. The number of ether oxygens (including phenoxy) is 1. The van der Waals surface area contributed by atoms with Crippen LogP contribution in [0.2, 0.25) is 0 Å². The van der Waals surface area contributed by atoms with Crippen molar-refractivity contribution < 1.29 is 9.53 Å². The van der Waals surface area contributed by atoms with E-state index in [1.807, 2.05) is 51.1 Å². The van der Waals surface area contributed by atoms with Crippen molar-refractivity contribution >= 4 is 11.8 Å². The van der Waals surface area contributed by atoms with E-state index >= 15 is 0 Å². The van der Waals surface area contributed by atoms with Gasteiger partial charge in [0.2, 0.25) is 5.90 Å². The van der Waals surface area contributed by atoms with Crippen LogP contribution in [0.1, 0.15) is 26.3 Å². The lowest BCUT2D eigenvalue weighted by molar-refractivity contribution is -0.117. The van der Waals surface area contributed by atoms with Crippen LogP contribution in [0, 0.1) is 5.41 Å². The number of nitrogens with one attached hydrogen (secondary N) is 2. The van der Waals surface area contributed by atoms with Gasteiger partial charge in [-0.25, -0.2) is 0 Å². The number of carbonyl (C=O) groups is 1. The van der Waals surface area contributed by atoms with Gasteiger partial charge in [0, 0.05) is 6.54 Å². The number of rotatable bonds is 3. The molecule has 0 radical (unpaired) electrons. The van der Waals surface area contributed by atoms with Crippen LogP contribution in [0.5, 0.6) is 0 Å². The topological polar surface area (TPSA) is 62.2 Å². The van der Waals surface area contributed by atoms with Crippen molar-refractivity contribution in [3.05, 3.63) is 47.0 Å². The molecular weight excluding hydrogens is 240 g/mol. The van der Waals surface area contributed by atoms with Crippen molar-refractivity contribution in [3.63, 3.8) is 0 Å². The number of carbonyl (C=O) groups excluding carboxylic acids is 1. The molecule has 0 fully saturated rings. The minimum absolute atomic E-state index is 0.0481. The molecule has 19 heavy (non-hydrogen) atoms. The van der Waals surface area contributed by atoms with Gasteiger partial charge in [-0.05, 0) is 31.9 Å². The van der Waals surface area contributed by atoms with Crippen molar-refractivity contribution in [1.82, 2.24) is 5.32 Å². The van der Waals surface area contributed by atoms with Gasteiger partial charge >= 0.3 is 0 Å². The van der Waals surface area contributed by atoms with E-state index in [-0.39, 0.29) is 11.8 Å². The number of benzene rings is 1. The highest BCUT2D eigenvalue weighted by molar-refractivity contribution is 6.19. The second-order valence-corrected chi connectivity index (χ2v) is 5.11. The van der Waals surface area contributed by atoms with Gasteiger partial charge in [0.1, 0.15) is 11.2 Å². The second-order valence-electron chi connectivity index (χ2n) is 5.11. The first-order valence-electron chi connectivity index (χ1n) is 6.23. The lowest BCUT2D eigenvalue weighted by atomic mass is 9.97. The fraction of sp³-hybridized carbons (Fsp3) is 0.333. The van der Waals surface area contributed by atoms with Crippen LogP contribution in [0.15, 0.2) is 41.5 Å². The normalized spacial score (nSPS) is 17.3. The van der Waals surface area contributed by atoms with E-state index in [1.54, 1.807) is 0 Å². The Bertz CT molecular complexity index is 545. The number of hydrogen-bond acceptors (Lipinski definition) is 3. The molecule has 2 rings (SSSR count). The van der Waals surface area contributed by atoms with Crippen LogP contribution in [-0.2, 0) is 16.1 Å². The molecule has 1 heterocycles. The monoisotopic (exact) mass is 258 g/mol. The van der Waals surface area contributed by atoms with E-state index in [1.165, 1.54) is 0 Å². The Labute approximate surface area is 113 Å². The van der Waals surface area contributed by atoms with Crippen molar-refractivity contribution in [3.8, 4) is 0 Å². The summed E-state index contributed by atoms with van der Waals surface area (Å²) in [4.78, 5) is 12.1. The average Bonchev–Trinajstić information content (AvgIpc) is 2.57. The van der Waals surface area contributed by atoms with E-state index in [9.17, 15) is 4.79 Å². The molecule has 1 amide bonds. The van der Waals surface area contributed by atoms with Crippen molar-refractivity contribution in [2.75, 3.05) is 0 Å². The molecule has 0 saturated carbocycles. The van der Waals surface area contributed by atoms with Crippen LogP contribution >= 0.6 is 0 Å². The largest absolute Gasteiger partial charge is 0.467 e. The summed E-state index contributed by atoms with van der Waals surface area (Å²) in [5, 5.41) is 10.6. The molecule has 0 saturated heterocycles. The molecule has 1 aromatic carbocycles. The molecule has 0 atom stereocenters. The fourth-order valence-electron chi connectivity index (χ4n) is 1.99. The molecule has 100 valence electrons. The quantitative estimate of drug-likeness (QED) is 0.874. The molecule has 1 aromatic rings. The molecule has 4 heteroatoms. The first-order valence-corrected chi connectivity index (χ1v) is 6.23. The summed E-state index contributed by atoms with van der Waals surface area (Å²) in [5.74, 6) is -0.301. The van der Waals surface area contributed by atoms with Gasteiger partial charge in [-0.15, -0.1) is 0 Å². The minimum Gasteiger partial charge on any atom is -0.467 e. The first-order chi connectivity index (χ1) is 8.92. The van der Waals surface area contributed by atoms with E-state index in [0.717, 1.165) is 11.1 Å². The van der Waals surface area contributed by atoms with Gasteiger partial charge in [-0.2, -0.15) is 0 Å². The molecule has 0 aliphatic carbocycles. The van der Waals surface area contributed by atoms with E-state index < -0.39 is 5.60 Å². The maximum atomic E-state index is 12.1. The summed E-state index contributed by atoms with van der Waals surface area (Å²) < 4.78 is 5.40. The van der Waals surface area contributed by atoms with Gasteiger partial charge in [-0.3, -0.25) is 10.2 Å². The zero-order valence-electron chi connectivity index (χ0n) is 11.4. The Morgan fingerprint density at radius 2 is 1.95 bits per heavy atom. The maximum Gasteiger partial charge on any atom is 0.257 e. The lowest BCUT2D eigenvalue weighted by Crippen LogP contribution is -2.27. The summed E-state index contributed by atoms with van der Waals surface area (Å²) in [6.07, 6.45) is 0. The van der Waals surface area contributed by atoms with Gasteiger partial charge in [0.05, 0.1) is 0 Å². The number of hydrogen-bond donors (Lipinski definition) is 2. The fourth-order valence-corrected chi connectivity index (χ4v) is 1.99. The first kappa shape index (κ1) is 13.3. The van der Waals surface area contributed by atoms with E-state index in [2.05, 4.69) is 5.32 Å². The maximum absolute atomic E-state index is 12.1. The minimum atomic E-state index is -0.573. The van der Waals surface area contributed by atoms with Crippen molar-refractivity contribution in [2.24, 2.45) is 0 Å². The highest BCUT2D eigenvalue weighted by atomic mass is 16.5. The molecule has 0 spiro atoms. The highest BCUT2D eigenvalue weighted by Gasteiger charge is 2.38. The molecule has 0 aromatic heterocycles. The SMILES string of the molecule is CC1=C(C(=O)NCc2ccccc2)C(=N)OC1(C)C. The van der Waals surface area contributed by atoms with Crippen LogP contribution in [0.4, 0.5) is 0 Å². The summed E-state index contributed by atoms with van der Waals surface area (Å²) in [6.45, 7) is 5.99. The second kappa shape index (κ2) is 4.88. The standard InChI is InChI=1S/C15H18N2O2/c1-10-12(13(16)19-15(10,2)3)14(18)17-9-11-7-5-4-6-8-11/h4-8,16H,9H2,1-3H3,(H,17,18). The van der Waals surface area contributed by atoms with Crippen LogP contribution in [0.25, 0.3) is 0 Å². The molecular formula is C15H18N2O2. The molecule has 1 aliphatic heterocycles. The van der Waals surface area contributed by atoms with Gasteiger partial charge in [0.15, 0.2) is 0 Å². The van der Waals surface area contributed by atoms with Gasteiger partial charge < -0.3 is 10.1 Å².